The van der Waals surface area contributed by atoms with Gasteiger partial charge < -0.3 is 9.47 Å². The van der Waals surface area contributed by atoms with Gasteiger partial charge in [-0.25, -0.2) is 4.57 Å². The van der Waals surface area contributed by atoms with Crippen LogP contribution >= 0.6 is 7.82 Å². The summed E-state index contributed by atoms with van der Waals surface area (Å²) in [5.41, 5.74) is 0. The minimum Gasteiger partial charge on any atom is -0.379 e. The Balaban J connectivity index is 3.82. The lowest BCUT2D eigenvalue weighted by Gasteiger charge is -2.21. The first-order chi connectivity index (χ1) is 9.39. The van der Waals surface area contributed by atoms with Crippen molar-refractivity contribution >= 4 is 7.82 Å². The molecule has 0 aromatic heterocycles. The number of phosphoric acid groups is 1. The maximum atomic E-state index is 12.3. The summed E-state index contributed by atoms with van der Waals surface area (Å²) in [7, 11) is -3.51. The summed E-state index contributed by atoms with van der Waals surface area (Å²) in [6, 6.07) is 0. The van der Waals surface area contributed by atoms with E-state index in [1.54, 1.807) is 27.7 Å². The molecule has 0 aliphatic carbocycles. The van der Waals surface area contributed by atoms with Crippen molar-refractivity contribution < 1.29 is 27.6 Å². The molecule has 0 fully saturated rings. The molecule has 0 rings (SSSR count). The summed E-state index contributed by atoms with van der Waals surface area (Å²) in [6.45, 7) is 11.4. The molecule has 0 aromatic rings. The number of hydrogen-bond donors (Lipinski definition) is 0. The standard InChI is InChI=1S/C13H29O6P/c1-6-7-15-8-9-16-10-11-17-20(14,18-12(2)3)19-13(4)5/h12-13H,6-11H2,1-5H3. The molecule has 0 amide bonds. The Morgan fingerprint density at radius 2 is 1.25 bits per heavy atom. The second kappa shape index (κ2) is 11.7. The molecule has 20 heavy (non-hydrogen) atoms. The van der Waals surface area contributed by atoms with E-state index in [1.807, 2.05) is 0 Å². The summed E-state index contributed by atoms with van der Waals surface area (Å²) >= 11 is 0. The lowest BCUT2D eigenvalue weighted by atomic mass is 10.5. The zero-order valence-electron chi connectivity index (χ0n) is 13.3. The van der Waals surface area contributed by atoms with Crippen LogP contribution in [0.1, 0.15) is 41.0 Å². The highest BCUT2D eigenvalue weighted by molar-refractivity contribution is 7.48. The Bertz CT molecular complexity index is 256. The summed E-state index contributed by atoms with van der Waals surface area (Å²) in [5.74, 6) is 0. The van der Waals surface area contributed by atoms with E-state index in [0.717, 1.165) is 13.0 Å². The fraction of sp³-hybridized carbons (Fsp3) is 1.00. The van der Waals surface area contributed by atoms with Gasteiger partial charge in [0.2, 0.25) is 0 Å². The van der Waals surface area contributed by atoms with Crippen LogP contribution < -0.4 is 0 Å². The molecular formula is C13H29O6P. The van der Waals surface area contributed by atoms with Crippen LogP contribution in [0, 0.1) is 0 Å². The van der Waals surface area contributed by atoms with Gasteiger partial charge in [0.1, 0.15) is 0 Å². The molecule has 0 spiro atoms. The maximum Gasteiger partial charge on any atom is 0.475 e. The fourth-order valence-electron chi connectivity index (χ4n) is 1.28. The van der Waals surface area contributed by atoms with E-state index in [9.17, 15) is 4.57 Å². The van der Waals surface area contributed by atoms with Crippen molar-refractivity contribution in [2.45, 2.75) is 53.2 Å². The molecule has 0 saturated heterocycles. The predicted octanol–water partition coefficient (Wildman–Crippen LogP) is 3.40. The van der Waals surface area contributed by atoms with Gasteiger partial charge in [-0.05, 0) is 34.1 Å². The molecular weight excluding hydrogens is 283 g/mol. The third-order valence-corrected chi connectivity index (χ3v) is 3.74. The first-order valence-electron chi connectivity index (χ1n) is 7.16. The number of ether oxygens (including phenoxy) is 2. The fourth-order valence-corrected chi connectivity index (χ4v) is 2.78. The number of hydrogen-bond acceptors (Lipinski definition) is 6. The molecule has 0 atom stereocenters. The second-order valence-corrected chi connectivity index (χ2v) is 6.39. The van der Waals surface area contributed by atoms with E-state index in [2.05, 4.69) is 6.92 Å². The molecule has 0 heterocycles. The van der Waals surface area contributed by atoms with Crippen molar-refractivity contribution in [2.75, 3.05) is 33.0 Å². The third-order valence-electron chi connectivity index (χ3n) is 1.88. The van der Waals surface area contributed by atoms with Crippen molar-refractivity contribution in [1.82, 2.24) is 0 Å². The van der Waals surface area contributed by atoms with Crippen molar-refractivity contribution in [1.29, 1.82) is 0 Å². The first kappa shape index (κ1) is 20.0. The Morgan fingerprint density at radius 3 is 1.70 bits per heavy atom. The van der Waals surface area contributed by atoms with E-state index < -0.39 is 7.82 Å². The summed E-state index contributed by atoms with van der Waals surface area (Å²) in [4.78, 5) is 0. The molecule has 6 nitrogen and oxygen atoms in total. The van der Waals surface area contributed by atoms with Gasteiger partial charge in [0.25, 0.3) is 0 Å². The quantitative estimate of drug-likeness (QED) is 0.383. The van der Waals surface area contributed by atoms with Crippen molar-refractivity contribution in [2.24, 2.45) is 0 Å². The molecule has 0 aliphatic rings. The minimum absolute atomic E-state index is 0.157. The van der Waals surface area contributed by atoms with Crippen LogP contribution in [0.2, 0.25) is 0 Å². The molecule has 0 aromatic carbocycles. The van der Waals surface area contributed by atoms with Crippen LogP contribution in [-0.2, 0) is 27.6 Å². The zero-order chi connectivity index (χ0) is 15.4. The first-order valence-corrected chi connectivity index (χ1v) is 8.62. The SMILES string of the molecule is CCCOCCOCCOP(=O)(OC(C)C)OC(C)C. The van der Waals surface area contributed by atoms with Crippen LogP contribution in [0.15, 0.2) is 0 Å². The second-order valence-electron chi connectivity index (χ2n) is 4.81. The van der Waals surface area contributed by atoms with Crippen LogP contribution in [0.25, 0.3) is 0 Å². The minimum atomic E-state index is -3.51. The van der Waals surface area contributed by atoms with Crippen molar-refractivity contribution in [3.8, 4) is 0 Å². The van der Waals surface area contributed by atoms with E-state index in [1.165, 1.54) is 0 Å². The summed E-state index contributed by atoms with van der Waals surface area (Å²) < 4.78 is 38.5. The van der Waals surface area contributed by atoms with E-state index >= 15 is 0 Å². The third kappa shape index (κ3) is 11.8. The predicted molar refractivity (Wildman–Crippen MR) is 77.9 cm³/mol. The smallest absolute Gasteiger partial charge is 0.379 e. The Kier molecular flexibility index (Phi) is 11.7. The molecule has 0 radical (unpaired) electrons. The lowest BCUT2D eigenvalue weighted by Crippen LogP contribution is -2.13. The lowest BCUT2D eigenvalue weighted by molar-refractivity contribution is 0.0205. The van der Waals surface area contributed by atoms with Gasteiger partial charge in [-0.15, -0.1) is 0 Å². The normalized spacial score (nSPS) is 12.6. The van der Waals surface area contributed by atoms with Crippen LogP contribution in [0.3, 0.4) is 0 Å². The maximum absolute atomic E-state index is 12.3. The largest absolute Gasteiger partial charge is 0.475 e. The van der Waals surface area contributed by atoms with E-state index in [4.69, 9.17) is 23.0 Å². The van der Waals surface area contributed by atoms with Gasteiger partial charge >= 0.3 is 7.82 Å². The van der Waals surface area contributed by atoms with E-state index in [-0.39, 0.29) is 18.8 Å². The van der Waals surface area contributed by atoms with Crippen molar-refractivity contribution in [3.63, 3.8) is 0 Å². The molecule has 7 heteroatoms. The van der Waals surface area contributed by atoms with Gasteiger partial charge in [-0.3, -0.25) is 13.6 Å². The summed E-state index contributed by atoms with van der Waals surface area (Å²) in [6.07, 6.45) is 0.525. The molecule has 0 saturated carbocycles. The van der Waals surface area contributed by atoms with Gasteiger partial charge in [0.15, 0.2) is 0 Å². The highest BCUT2D eigenvalue weighted by Crippen LogP contribution is 2.51. The molecule has 0 N–H and O–H groups in total. The van der Waals surface area contributed by atoms with Crippen LogP contribution in [-0.4, -0.2) is 45.2 Å². The van der Waals surface area contributed by atoms with Crippen LogP contribution in [0.5, 0.6) is 0 Å². The highest BCUT2D eigenvalue weighted by Gasteiger charge is 2.29. The Labute approximate surface area is 122 Å². The van der Waals surface area contributed by atoms with Gasteiger partial charge in [-0.2, -0.15) is 0 Å². The Hall–Kier alpha value is 0.0300. The van der Waals surface area contributed by atoms with Crippen LogP contribution in [0.4, 0.5) is 0 Å². The van der Waals surface area contributed by atoms with E-state index in [0.29, 0.717) is 19.8 Å². The number of phosphoric ester groups is 1. The average molecular weight is 312 g/mol. The van der Waals surface area contributed by atoms with Gasteiger partial charge in [-0.1, -0.05) is 6.92 Å². The van der Waals surface area contributed by atoms with Crippen molar-refractivity contribution in [3.05, 3.63) is 0 Å². The average Bonchev–Trinajstić information content (AvgIpc) is 2.30. The number of rotatable bonds is 13. The molecule has 0 unspecified atom stereocenters. The zero-order valence-corrected chi connectivity index (χ0v) is 14.2. The highest BCUT2D eigenvalue weighted by atomic mass is 31.2. The molecule has 0 bridgehead atoms. The topological polar surface area (TPSA) is 63.2 Å². The summed E-state index contributed by atoms with van der Waals surface area (Å²) in [5, 5.41) is 0. The van der Waals surface area contributed by atoms with Gasteiger partial charge in [0, 0.05) is 6.61 Å². The Morgan fingerprint density at radius 1 is 0.800 bits per heavy atom. The molecule has 0 aliphatic heterocycles. The van der Waals surface area contributed by atoms with Gasteiger partial charge in [0.05, 0.1) is 38.6 Å². The monoisotopic (exact) mass is 312 g/mol. The molecule has 122 valence electrons.